The summed E-state index contributed by atoms with van der Waals surface area (Å²) in [6.45, 7) is 54.7. The topological polar surface area (TPSA) is 68.8 Å². The lowest BCUT2D eigenvalue weighted by molar-refractivity contribution is 0.229. The monoisotopic (exact) mass is 1290 g/mol. The Kier molecular flexibility index (Phi) is 17.9. The van der Waals surface area contributed by atoms with E-state index in [0.29, 0.717) is 50.5 Å². The maximum absolute atomic E-state index is 13.6. The van der Waals surface area contributed by atoms with Crippen molar-refractivity contribution < 1.29 is 19.7 Å². The Morgan fingerprint density at radius 2 is 0.645 bits per heavy atom. The van der Waals surface area contributed by atoms with E-state index in [2.05, 4.69) is 259 Å². The van der Waals surface area contributed by atoms with Crippen molar-refractivity contribution in [3.05, 3.63) is 176 Å². The van der Waals surface area contributed by atoms with Gasteiger partial charge in [-0.2, -0.15) is 0 Å². The summed E-state index contributed by atoms with van der Waals surface area (Å²) >= 11 is 13.9. The summed E-state index contributed by atoms with van der Waals surface area (Å²) in [5, 5.41) is 32.8. The van der Waals surface area contributed by atoms with Gasteiger partial charge in [-0.3, -0.25) is 0 Å². The van der Waals surface area contributed by atoms with E-state index in [9.17, 15) is 10.2 Å². The fraction of sp³-hybridized carbons (Fsp3) is 0.435. The number of halogens is 2. The van der Waals surface area contributed by atoms with Crippen molar-refractivity contribution in [3.63, 3.8) is 0 Å². The third-order valence-electron chi connectivity index (χ3n) is 18.8. The Hall–Kier alpha value is -6.86. The number of hydrogen-bond donors (Lipinski definition) is 2. The summed E-state index contributed by atoms with van der Waals surface area (Å²) in [4.78, 5) is 0. The minimum Gasteiger partial charge on any atom is -0.505 e. The molecule has 2 aromatic heterocycles. The van der Waals surface area contributed by atoms with Crippen LogP contribution < -0.4 is 9.47 Å². The molecule has 0 fully saturated rings. The van der Waals surface area contributed by atoms with Crippen LogP contribution in [-0.2, 0) is 32.5 Å². The molecule has 0 saturated carbocycles. The minimum absolute atomic E-state index is 0.0813. The molecule has 0 spiro atoms. The Morgan fingerprint density at radius 3 is 0.892 bits per heavy atom. The van der Waals surface area contributed by atoms with Crippen molar-refractivity contribution in [3.8, 4) is 56.6 Å². The second kappa shape index (κ2) is 24.1. The van der Waals surface area contributed by atoms with Gasteiger partial charge in [0.2, 0.25) is 0 Å². The highest BCUT2D eigenvalue weighted by Crippen LogP contribution is 2.55. The number of aromatic nitrogens is 2. The third-order valence-corrected chi connectivity index (χ3v) is 19.2. The van der Waals surface area contributed by atoms with Crippen molar-refractivity contribution in [2.75, 3.05) is 13.2 Å². The highest BCUT2D eigenvalue weighted by molar-refractivity contribution is 6.31. The molecule has 492 valence electrons. The first-order chi connectivity index (χ1) is 42.8. The summed E-state index contributed by atoms with van der Waals surface area (Å²) in [6.07, 6.45) is 2.09. The van der Waals surface area contributed by atoms with Crippen LogP contribution in [-0.4, -0.2) is 32.6 Å². The van der Waals surface area contributed by atoms with Crippen molar-refractivity contribution in [1.82, 2.24) is 9.13 Å². The maximum atomic E-state index is 13.6. The van der Waals surface area contributed by atoms with Gasteiger partial charge in [-0.15, -0.1) is 0 Å². The van der Waals surface area contributed by atoms with Crippen molar-refractivity contribution >= 4 is 66.8 Å². The molecule has 0 amide bonds. The zero-order chi connectivity index (χ0) is 68.4. The van der Waals surface area contributed by atoms with Gasteiger partial charge in [0.05, 0.1) is 35.3 Å². The first kappa shape index (κ1) is 69.0. The standard InChI is InChI=1S/C85H104Cl2N2O4/c1-50-36-52(40-58(86)38-50)60-46-66(84(21,22)48-78(3,4)5)76(72(74(60)90)88-68-30-26-54(80(9,10)11)42-62(68)63-43-55(81(12,13)14)27-31-69(63)88)92-34-25-35-93-77-67(85(23,24)49-79(6,7)8)47-61(53-37-51(2)39-59(87)41-53)75(91)73(77)89-70-32-28-56(82(15,16)17)44-64(70)65-45-57(83(18,19)20)29-33-71(65)89/h26-33,36-47,90-91H,25,34-35,48-49H2,1-24H3. The molecule has 2 heterocycles. The molecule has 8 heteroatoms. The highest BCUT2D eigenvalue weighted by atomic mass is 35.5. The normalized spacial score (nSPS) is 13.4. The average Bonchev–Trinajstić information content (AvgIpc) is 1.63. The van der Waals surface area contributed by atoms with Gasteiger partial charge in [0, 0.05) is 60.3 Å². The maximum Gasteiger partial charge on any atom is 0.151 e. The van der Waals surface area contributed by atoms with E-state index in [1.807, 2.05) is 38.1 Å². The van der Waals surface area contributed by atoms with Crippen molar-refractivity contribution in [2.24, 2.45) is 10.8 Å². The second-order valence-electron chi connectivity index (χ2n) is 34.9. The van der Waals surface area contributed by atoms with Crippen molar-refractivity contribution in [1.29, 1.82) is 0 Å². The Bertz CT molecular complexity index is 4070. The molecule has 8 aromatic carbocycles. The number of aryl methyl sites for hydroxylation is 2. The number of hydrogen-bond acceptors (Lipinski definition) is 4. The third kappa shape index (κ3) is 14.0. The summed E-state index contributed by atoms with van der Waals surface area (Å²) < 4.78 is 19.6. The molecule has 10 rings (SSSR count). The Balaban J connectivity index is 1.21. The van der Waals surface area contributed by atoms with E-state index in [4.69, 9.17) is 32.7 Å². The minimum atomic E-state index is -0.473. The highest BCUT2D eigenvalue weighted by Gasteiger charge is 2.38. The Labute approximate surface area is 566 Å². The molecule has 0 saturated heterocycles. The van der Waals surface area contributed by atoms with Crippen LogP contribution in [0, 0.1) is 24.7 Å². The van der Waals surface area contributed by atoms with E-state index < -0.39 is 10.8 Å². The molecule has 0 aliphatic heterocycles. The molecule has 0 atom stereocenters. The van der Waals surface area contributed by atoms with Gasteiger partial charge in [-0.1, -0.05) is 212 Å². The molecule has 0 bridgehead atoms. The lowest BCUT2D eigenvalue weighted by Crippen LogP contribution is -2.27. The number of rotatable bonds is 14. The Morgan fingerprint density at radius 1 is 0.366 bits per heavy atom. The van der Waals surface area contributed by atoms with Gasteiger partial charge in [-0.25, -0.2) is 0 Å². The lowest BCUT2D eigenvalue weighted by atomic mass is 9.71. The van der Waals surface area contributed by atoms with Crippen LogP contribution in [0.3, 0.4) is 0 Å². The van der Waals surface area contributed by atoms with Gasteiger partial charge >= 0.3 is 0 Å². The van der Waals surface area contributed by atoms with Crippen LogP contribution in [0.2, 0.25) is 10.0 Å². The van der Waals surface area contributed by atoms with E-state index in [1.54, 1.807) is 0 Å². The van der Waals surface area contributed by atoms with Gasteiger partial charge < -0.3 is 28.8 Å². The summed E-state index contributed by atoms with van der Waals surface area (Å²) in [7, 11) is 0. The van der Waals surface area contributed by atoms with Gasteiger partial charge in [0.15, 0.2) is 23.0 Å². The number of benzene rings is 8. The average molecular weight is 1290 g/mol. The summed E-state index contributed by atoms with van der Waals surface area (Å²) in [5.74, 6) is 1.44. The van der Waals surface area contributed by atoms with Gasteiger partial charge in [-0.05, 0) is 199 Å². The number of nitrogens with zero attached hydrogens (tertiary/aromatic N) is 2. The van der Waals surface area contributed by atoms with E-state index in [1.165, 1.54) is 22.3 Å². The van der Waals surface area contributed by atoms with E-state index >= 15 is 0 Å². The number of phenolic OH excluding ortho intramolecular Hbond substituents is 2. The molecular formula is C85H104Cl2N2O4. The predicted octanol–water partition coefficient (Wildman–Crippen LogP) is 25.0. The summed E-state index contributed by atoms with van der Waals surface area (Å²) in [6, 6.07) is 43.6. The van der Waals surface area contributed by atoms with Crippen LogP contribution in [0.5, 0.6) is 23.0 Å². The smallest absolute Gasteiger partial charge is 0.151 e. The largest absolute Gasteiger partial charge is 0.505 e. The second-order valence-corrected chi connectivity index (χ2v) is 35.8. The number of phenols is 2. The van der Waals surface area contributed by atoms with Gasteiger partial charge in [0.1, 0.15) is 11.4 Å². The molecule has 10 aromatic rings. The number of ether oxygens (including phenoxy) is 2. The fourth-order valence-corrected chi connectivity index (χ4v) is 15.4. The molecule has 93 heavy (non-hydrogen) atoms. The van der Waals surface area contributed by atoms with Crippen LogP contribution in [0.15, 0.2) is 121 Å². The first-order valence-corrected chi connectivity index (χ1v) is 34.4. The van der Waals surface area contributed by atoms with Crippen LogP contribution >= 0.6 is 23.2 Å². The number of fused-ring (bicyclic) bond motifs is 6. The SMILES string of the molecule is Cc1cc(Cl)cc(-c2cc(C(C)(C)CC(C)(C)C)c(OCCCOc3c(C(C)(C)CC(C)(C)C)cc(-c4cc(C)cc(Cl)c4)c(O)c3-n3c4ccc(C(C)(C)C)cc4c4cc(C(C)(C)C)ccc43)c(-n3c4ccc(C(C)(C)C)cc4c4cc(C(C)(C)C)ccc43)c2O)c1. The molecule has 0 aliphatic carbocycles. The quantitative estimate of drug-likeness (QED) is 0.106. The lowest BCUT2D eigenvalue weighted by Gasteiger charge is -2.36. The molecular weight excluding hydrogens is 1180 g/mol. The fourth-order valence-electron chi connectivity index (χ4n) is 14.9. The zero-order valence-electron chi connectivity index (χ0n) is 60.4. The molecule has 0 radical (unpaired) electrons. The van der Waals surface area contributed by atoms with Crippen molar-refractivity contribution in [2.45, 2.75) is 218 Å². The zero-order valence-corrected chi connectivity index (χ0v) is 62.0. The first-order valence-electron chi connectivity index (χ1n) is 33.6. The molecule has 0 aliphatic rings. The van der Waals surface area contributed by atoms with E-state index in [0.717, 1.165) is 89.8 Å². The summed E-state index contributed by atoms with van der Waals surface area (Å²) in [5.41, 5.74) is 15.3. The molecule has 0 unspecified atom stereocenters. The van der Waals surface area contributed by atoms with Crippen LogP contribution in [0.1, 0.15) is 216 Å². The molecule has 6 nitrogen and oxygen atoms in total. The van der Waals surface area contributed by atoms with E-state index in [-0.39, 0.29) is 57.2 Å². The van der Waals surface area contributed by atoms with Crippen LogP contribution in [0.25, 0.3) is 77.2 Å². The number of aromatic hydroxyl groups is 2. The predicted molar refractivity (Wildman–Crippen MR) is 400 cm³/mol. The molecule has 2 N–H and O–H groups in total. The van der Waals surface area contributed by atoms with Crippen LogP contribution in [0.4, 0.5) is 0 Å². The van der Waals surface area contributed by atoms with Gasteiger partial charge in [0.25, 0.3) is 0 Å².